The summed E-state index contributed by atoms with van der Waals surface area (Å²) in [5.74, 6) is -0.114. The van der Waals surface area contributed by atoms with Gasteiger partial charge in [-0.05, 0) is 54.1 Å². The first kappa shape index (κ1) is 20.9. The molecule has 4 rings (SSSR count). The lowest BCUT2D eigenvalue weighted by atomic mass is 10.1. The first-order valence-corrected chi connectivity index (χ1v) is 11.1. The summed E-state index contributed by atoms with van der Waals surface area (Å²) in [6, 6.07) is 23.5. The molecular formula is C24H23BrClN3O. The average Bonchev–Trinajstić information content (AvgIpc) is 2.76. The van der Waals surface area contributed by atoms with Crippen molar-refractivity contribution in [3.63, 3.8) is 0 Å². The zero-order chi connectivity index (χ0) is 20.9. The molecule has 0 unspecified atom stereocenters. The zero-order valence-electron chi connectivity index (χ0n) is 16.5. The molecule has 154 valence electrons. The van der Waals surface area contributed by atoms with E-state index in [0.29, 0.717) is 5.56 Å². The highest BCUT2D eigenvalue weighted by Gasteiger charge is 2.18. The minimum atomic E-state index is -0.114. The molecule has 0 bridgehead atoms. The minimum absolute atomic E-state index is 0.114. The number of carbonyl (C=O) groups is 1. The Morgan fingerprint density at radius 2 is 1.67 bits per heavy atom. The van der Waals surface area contributed by atoms with Gasteiger partial charge in [-0.15, -0.1) is 0 Å². The van der Waals surface area contributed by atoms with Crippen LogP contribution in [0.4, 0.5) is 11.4 Å². The molecule has 0 saturated carbocycles. The van der Waals surface area contributed by atoms with Gasteiger partial charge in [0.2, 0.25) is 0 Å². The van der Waals surface area contributed by atoms with E-state index in [1.807, 2.05) is 48.5 Å². The Kier molecular flexibility index (Phi) is 6.72. The molecule has 1 heterocycles. The van der Waals surface area contributed by atoms with Crippen LogP contribution in [0, 0.1) is 0 Å². The first-order chi connectivity index (χ1) is 14.6. The molecule has 1 saturated heterocycles. The molecule has 6 heteroatoms. The summed E-state index contributed by atoms with van der Waals surface area (Å²) >= 11 is 9.70. The largest absolute Gasteiger partial charge is 0.369 e. The molecule has 1 aliphatic heterocycles. The third-order valence-electron chi connectivity index (χ3n) is 5.30. The Bertz CT molecular complexity index is 1020. The number of carbonyl (C=O) groups excluding carboxylic acids is 1. The number of hydrogen-bond donors (Lipinski definition) is 1. The van der Waals surface area contributed by atoms with Crippen LogP contribution in [-0.2, 0) is 6.54 Å². The maximum atomic E-state index is 12.4. The summed E-state index contributed by atoms with van der Waals surface area (Å²) in [7, 11) is 0. The van der Waals surface area contributed by atoms with Crippen LogP contribution in [-0.4, -0.2) is 37.0 Å². The predicted molar refractivity (Wildman–Crippen MR) is 127 cm³/mol. The summed E-state index contributed by atoms with van der Waals surface area (Å²) in [6.45, 7) is 4.80. The molecule has 1 aliphatic rings. The van der Waals surface area contributed by atoms with Gasteiger partial charge in [-0.2, -0.15) is 0 Å². The second kappa shape index (κ2) is 9.65. The van der Waals surface area contributed by atoms with Crippen molar-refractivity contribution < 1.29 is 4.79 Å². The molecule has 3 aromatic carbocycles. The van der Waals surface area contributed by atoms with Crippen molar-refractivity contribution in [2.45, 2.75) is 6.54 Å². The van der Waals surface area contributed by atoms with Gasteiger partial charge in [0.1, 0.15) is 0 Å². The van der Waals surface area contributed by atoms with Gasteiger partial charge in [-0.3, -0.25) is 9.69 Å². The summed E-state index contributed by atoms with van der Waals surface area (Å²) in [5, 5.41) is 3.79. The van der Waals surface area contributed by atoms with Crippen molar-refractivity contribution in [2.75, 3.05) is 36.4 Å². The number of nitrogens with one attached hydrogen (secondary N) is 1. The van der Waals surface area contributed by atoms with Crippen LogP contribution in [0.3, 0.4) is 0 Å². The van der Waals surface area contributed by atoms with E-state index in [1.165, 1.54) is 11.3 Å². The molecule has 0 atom stereocenters. The maximum Gasteiger partial charge on any atom is 0.255 e. The van der Waals surface area contributed by atoms with Gasteiger partial charge in [0.25, 0.3) is 5.91 Å². The molecule has 30 heavy (non-hydrogen) atoms. The fraction of sp³-hybridized carbons (Fsp3) is 0.208. The lowest BCUT2D eigenvalue weighted by Crippen LogP contribution is -2.46. The highest BCUT2D eigenvalue weighted by Crippen LogP contribution is 2.22. The highest BCUT2D eigenvalue weighted by molar-refractivity contribution is 9.10. The topological polar surface area (TPSA) is 35.6 Å². The van der Waals surface area contributed by atoms with E-state index in [9.17, 15) is 4.79 Å². The number of rotatable bonds is 5. The smallest absolute Gasteiger partial charge is 0.255 e. The van der Waals surface area contributed by atoms with Gasteiger partial charge in [-0.25, -0.2) is 0 Å². The molecule has 0 aromatic heterocycles. The fourth-order valence-electron chi connectivity index (χ4n) is 3.62. The van der Waals surface area contributed by atoms with Crippen molar-refractivity contribution in [1.29, 1.82) is 0 Å². The lowest BCUT2D eigenvalue weighted by Gasteiger charge is -2.36. The summed E-state index contributed by atoms with van der Waals surface area (Å²) in [4.78, 5) is 17.2. The Morgan fingerprint density at radius 3 is 2.37 bits per heavy atom. The molecular weight excluding hydrogens is 462 g/mol. The fourth-order valence-corrected chi connectivity index (χ4v) is 4.22. The number of hydrogen-bond acceptors (Lipinski definition) is 3. The van der Waals surface area contributed by atoms with Gasteiger partial charge >= 0.3 is 0 Å². The molecule has 0 aliphatic carbocycles. The number of nitrogens with zero attached hydrogens (tertiary/aromatic N) is 2. The maximum absolute atomic E-state index is 12.4. The van der Waals surface area contributed by atoms with E-state index >= 15 is 0 Å². The minimum Gasteiger partial charge on any atom is -0.369 e. The number of benzene rings is 3. The second-order valence-electron chi connectivity index (χ2n) is 7.37. The van der Waals surface area contributed by atoms with Crippen LogP contribution in [0.2, 0.25) is 5.02 Å². The van der Waals surface area contributed by atoms with E-state index in [4.69, 9.17) is 11.6 Å². The lowest BCUT2D eigenvalue weighted by molar-refractivity contribution is 0.102. The average molecular weight is 485 g/mol. The zero-order valence-corrected chi connectivity index (χ0v) is 18.9. The summed E-state index contributed by atoms with van der Waals surface area (Å²) in [5.41, 5.74) is 3.77. The quantitative estimate of drug-likeness (QED) is 0.506. The summed E-state index contributed by atoms with van der Waals surface area (Å²) < 4.78 is 0.888. The first-order valence-electron chi connectivity index (χ1n) is 9.96. The van der Waals surface area contributed by atoms with Crippen molar-refractivity contribution in [3.8, 4) is 0 Å². The molecule has 1 amide bonds. The van der Waals surface area contributed by atoms with Crippen LogP contribution >= 0.6 is 27.5 Å². The van der Waals surface area contributed by atoms with E-state index in [0.717, 1.165) is 47.9 Å². The normalized spacial score (nSPS) is 14.5. The van der Waals surface area contributed by atoms with Crippen molar-refractivity contribution in [2.24, 2.45) is 0 Å². The highest BCUT2D eigenvalue weighted by atomic mass is 79.9. The Morgan fingerprint density at radius 1 is 0.933 bits per heavy atom. The number of halogens is 2. The van der Waals surface area contributed by atoms with E-state index < -0.39 is 0 Å². The van der Waals surface area contributed by atoms with Crippen LogP contribution < -0.4 is 10.2 Å². The molecule has 1 N–H and O–H groups in total. The van der Waals surface area contributed by atoms with Crippen LogP contribution in [0.15, 0.2) is 77.3 Å². The van der Waals surface area contributed by atoms with Crippen LogP contribution in [0.1, 0.15) is 15.9 Å². The van der Waals surface area contributed by atoms with Gasteiger partial charge in [0, 0.05) is 59.2 Å². The van der Waals surface area contributed by atoms with Gasteiger partial charge < -0.3 is 10.2 Å². The molecule has 0 spiro atoms. The van der Waals surface area contributed by atoms with Crippen LogP contribution in [0.25, 0.3) is 0 Å². The van der Waals surface area contributed by atoms with Gasteiger partial charge in [-0.1, -0.05) is 51.8 Å². The van der Waals surface area contributed by atoms with E-state index in [2.05, 4.69) is 49.2 Å². The Labute approximate surface area is 190 Å². The third kappa shape index (κ3) is 5.22. The van der Waals surface area contributed by atoms with Gasteiger partial charge in [0.15, 0.2) is 0 Å². The Hall–Kier alpha value is -2.34. The van der Waals surface area contributed by atoms with E-state index in [1.54, 1.807) is 6.07 Å². The molecule has 3 aromatic rings. The number of amides is 1. The molecule has 1 fully saturated rings. The SMILES string of the molecule is O=C(Nc1ccc(N2CCN(Cc3ccccc3Cl)CC2)cc1)c1cccc(Br)c1. The van der Waals surface area contributed by atoms with Gasteiger partial charge in [0.05, 0.1) is 0 Å². The monoisotopic (exact) mass is 483 g/mol. The summed E-state index contributed by atoms with van der Waals surface area (Å²) in [6.07, 6.45) is 0. The standard InChI is InChI=1S/C24H23BrClN3O/c25-20-6-3-5-18(16-20)24(30)27-21-8-10-22(11-9-21)29-14-12-28(13-15-29)17-19-4-1-2-7-23(19)26/h1-11,16H,12-15,17H2,(H,27,30). The van der Waals surface area contributed by atoms with Crippen molar-refractivity contribution >= 4 is 44.8 Å². The van der Waals surface area contributed by atoms with Crippen LogP contribution in [0.5, 0.6) is 0 Å². The number of anilines is 2. The molecule has 0 radical (unpaired) electrons. The Balaban J connectivity index is 1.31. The second-order valence-corrected chi connectivity index (χ2v) is 8.69. The van der Waals surface area contributed by atoms with E-state index in [-0.39, 0.29) is 5.91 Å². The third-order valence-corrected chi connectivity index (χ3v) is 6.16. The van der Waals surface area contributed by atoms with Crippen molar-refractivity contribution in [1.82, 2.24) is 4.90 Å². The van der Waals surface area contributed by atoms with Crippen molar-refractivity contribution in [3.05, 3.63) is 93.4 Å². The molecule has 4 nitrogen and oxygen atoms in total. The number of piperazine rings is 1. The predicted octanol–water partition coefficient (Wildman–Crippen LogP) is 5.68.